The smallest absolute Gasteiger partial charge is 0.306 e. The maximum absolute atomic E-state index is 12.8. The van der Waals surface area contributed by atoms with Gasteiger partial charge in [-0.3, -0.25) is 14.4 Å². The Morgan fingerprint density at radius 2 is 0.703 bits per heavy atom. The Morgan fingerprint density at radius 1 is 0.344 bits per heavy atom. The van der Waals surface area contributed by atoms with Gasteiger partial charge in [-0.05, 0) is 83.5 Å². The molecule has 0 amide bonds. The Bertz CT molecular complexity index is 1390. The largest absolute Gasteiger partial charge is 0.462 e. The molecule has 0 radical (unpaired) electrons. The number of hydrogen-bond acceptors (Lipinski definition) is 6. The number of unbranched alkanes of at least 4 members (excludes halogenated alkanes) is 19. The van der Waals surface area contributed by atoms with Crippen LogP contribution in [-0.4, -0.2) is 37.2 Å². The van der Waals surface area contributed by atoms with Crippen molar-refractivity contribution in [1.29, 1.82) is 0 Å². The molecule has 0 fully saturated rings. The molecule has 64 heavy (non-hydrogen) atoms. The van der Waals surface area contributed by atoms with E-state index < -0.39 is 6.10 Å². The van der Waals surface area contributed by atoms with Crippen LogP contribution < -0.4 is 0 Å². The van der Waals surface area contributed by atoms with Gasteiger partial charge < -0.3 is 14.2 Å². The molecule has 0 rings (SSSR count). The van der Waals surface area contributed by atoms with E-state index in [9.17, 15) is 14.4 Å². The molecule has 0 spiro atoms. The molecule has 0 aromatic rings. The minimum absolute atomic E-state index is 0.133. The Balaban J connectivity index is 4.61. The van der Waals surface area contributed by atoms with Crippen LogP contribution >= 0.6 is 0 Å². The first-order chi connectivity index (χ1) is 31.5. The Kier molecular flexibility index (Phi) is 48.1. The highest BCUT2D eigenvalue weighted by Gasteiger charge is 2.19. The predicted octanol–water partition coefficient (Wildman–Crippen LogP) is 16.9. The highest BCUT2D eigenvalue weighted by Crippen LogP contribution is 2.12. The number of allylic oxidation sites excluding steroid dienone is 20. The van der Waals surface area contributed by atoms with Gasteiger partial charge >= 0.3 is 17.9 Å². The van der Waals surface area contributed by atoms with Crippen molar-refractivity contribution in [1.82, 2.24) is 0 Å². The molecule has 0 aliphatic heterocycles. The zero-order chi connectivity index (χ0) is 46.5. The lowest BCUT2D eigenvalue weighted by Crippen LogP contribution is -2.30. The Labute approximate surface area is 392 Å². The molecule has 0 heterocycles. The van der Waals surface area contributed by atoms with Crippen molar-refractivity contribution in [3.63, 3.8) is 0 Å². The molecule has 0 N–H and O–H groups in total. The van der Waals surface area contributed by atoms with E-state index in [0.29, 0.717) is 19.3 Å². The molecule has 6 nitrogen and oxygen atoms in total. The fraction of sp³-hybridized carbons (Fsp3) is 0.603. The monoisotopic (exact) mass is 885 g/mol. The second-order valence-electron chi connectivity index (χ2n) is 16.5. The highest BCUT2D eigenvalue weighted by molar-refractivity contribution is 5.71. The summed E-state index contributed by atoms with van der Waals surface area (Å²) in [5.41, 5.74) is 0. The molecule has 6 heteroatoms. The third-order valence-corrected chi connectivity index (χ3v) is 10.4. The number of ether oxygens (including phenoxy) is 3. The molecule has 0 aliphatic carbocycles. The van der Waals surface area contributed by atoms with Crippen molar-refractivity contribution < 1.29 is 28.6 Å². The first kappa shape index (κ1) is 59.8. The van der Waals surface area contributed by atoms with Gasteiger partial charge in [0.2, 0.25) is 0 Å². The Morgan fingerprint density at radius 3 is 1.19 bits per heavy atom. The third kappa shape index (κ3) is 48.8. The van der Waals surface area contributed by atoms with Gasteiger partial charge in [0, 0.05) is 19.3 Å². The Hall–Kier alpha value is -4.19. The number of hydrogen-bond donors (Lipinski definition) is 0. The molecular weight excluding hydrogens is 793 g/mol. The van der Waals surface area contributed by atoms with E-state index >= 15 is 0 Å². The molecule has 0 bridgehead atoms. The summed E-state index contributed by atoms with van der Waals surface area (Å²) in [5.74, 6) is -1.08. The third-order valence-electron chi connectivity index (χ3n) is 10.4. The number of esters is 3. The number of carbonyl (C=O) groups is 3. The van der Waals surface area contributed by atoms with Gasteiger partial charge in [0.25, 0.3) is 0 Å². The molecule has 1 unspecified atom stereocenters. The average molecular weight is 885 g/mol. The first-order valence-electron chi connectivity index (χ1n) is 25.6. The number of rotatable bonds is 44. The summed E-state index contributed by atoms with van der Waals surface area (Å²) in [6.07, 6.45) is 70.5. The van der Waals surface area contributed by atoms with E-state index in [1.54, 1.807) is 0 Å². The van der Waals surface area contributed by atoms with Crippen LogP contribution in [0.5, 0.6) is 0 Å². The van der Waals surface area contributed by atoms with Crippen LogP contribution in [0.25, 0.3) is 0 Å². The van der Waals surface area contributed by atoms with Crippen LogP contribution in [0.3, 0.4) is 0 Å². The zero-order valence-corrected chi connectivity index (χ0v) is 41.0. The second-order valence-corrected chi connectivity index (χ2v) is 16.5. The van der Waals surface area contributed by atoms with Crippen LogP contribution in [0.4, 0.5) is 0 Å². The summed E-state index contributed by atoms with van der Waals surface area (Å²) in [6, 6.07) is 0. The van der Waals surface area contributed by atoms with Crippen molar-refractivity contribution in [3.8, 4) is 0 Å². The lowest BCUT2D eigenvalue weighted by atomic mass is 10.1. The number of carbonyl (C=O) groups excluding carboxylic acids is 3. The van der Waals surface area contributed by atoms with Crippen molar-refractivity contribution in [2.75, 3.05) is 13.2 Å². The fourth-order valence-electron chi connectivity index (χ4n) is 6.52. The second kappa shape index (κ2) is 51.4. The average Bonchev–Trinajstić information content (AvgIpc) is 3.29. The SMILES string of the molecule is CC/C=C/C=C/C=C/C=C/C=C/C=C/CCCCCC(=O)OCC(COC(=O)CC/C=C/C/C=C/CCCCCCCC)OC(=O)CCCCC/C=C/C=C/CCCCCCCCC. The minimum Gasteiger partial charge on any atom is -0.462 e. The van der Waals surface area contributed by atoms with Crippen LogP contribution in [0.15, 0.2) is 122 Å². The molecule has 0 saturated heterocycles. The predicted molar refractivity (Wildman–Crippen MR) is 274 cm³/mol. The van der Waals surface area contributed by atoms with Crippen LogP contribution in [-0.2, 0) is 28.6 Å². The van der Waals surface area contributed by atoms with Gasteiger partial charge in [-0.15, -0.1) is 0 Å². The lowest BCUT2D eigenvalue weighted by Gasteiger charge is -2.18. The summed E-state index contributed by atoms with van der Waals surface area (Å²) in [7, 11) is 0. The van der Waals surface area contributed by atoms with Gasteiger partial charge in [0.15, 0.2) is 6.10 Å². The molecule has 0 aromatic carbocycles. The topological polar surface area (TPSA) is 78.9 Å². The van der Waals surface area contributed by atoms with Gasteiger partial charge in [0.05, 0.1) is 0 Å². The summed E-state index contributed by atoms with van der Waals surface area (Å²) in [5, 5.41) is 0. The molecular formula is C58H92O6. The van der Waals surface area contributed by atoms with E-state index in [1.165, 1.54) is 83.5 Å². The van der Waals surface area contributed by atoms with Gasteiger partial charge in [-0.2, -0.15) is 0 Å². The van der Waals surface area contributed by atoms with Gasteiger partial charge in [0.1, 0.15) is 13.2 Å². The molecule has 1 atom stereocenters. The minimum atomic E-state index is -0.836. The summed E-state index contributed by atoms with van der Waals surface area (Å²) in [6.45, 7) is 6.34. The normalized spacial score (nSPS) is 13.1. The van der Waals surface area contributed by atoms with Gasteiger partial charge in [-0.1, -0.05) is 226 Å². The molecule has 0 aromatic heterocycles. The van der Waals surface area contributed by atoms with Crippen LogP contribution in [0.1, 0.15) is 207 Å². The van der Waals surface area contributed by atoms with E-state index in [0.717, 1.165) is 64.2 Å². The quantitative estimate of drug-likeness (QED) is 0.0199. The van der Waals surface area contributed by atoms with E-state index in [1.807, 2.05) is 66.8 Å². The highest BCUT2D eigenvalue weighted by atomic mass is 16.6. The van der Waals surface area contributed by atoms with Crippen molar-refractivity contribution in [2.24, 2.45) is 0 Å². The van der Waals surface area contributed by atoms with Crippen LogP contribution in [0.2, 0.25) is 0 Å². The van der Waals surface area contributed by atoms with Crippen molar-refractivity contribution in [3.05, 3.63) is 122 Å². The zero-order valence-electron chi connectivity index (χ0n) is 41.0. The van der Waals surface area contributed by atoms with E-state index in [2.05, 4.69) is 75.5 Å². The summed E-state index contributed by atoms with van der Waals surface area (Å²) in [4.78, 5) is 37.9. The summed E-state index contributed by atoms with van der Waals surface area (Å²) >= 11 is 0. The van der Waals surface area contributed by atoms with E-state index in [4.69, 9.17) is 14.2 Å². The lowest BCUT2D eigenvalue weighted by molar-refractivity contribution is -0.166. The molecule has 0 saturated carbocycles. The first-order valence-corrected chi connectivity index (χ1v) is 25.6. The standard InChI is InChI=1S/C58H92O6/c1-4-7-10-13-16-19-22-25-27-29-31-33-36-39-42-45-48-51-57(60)63-54-55(53-62-56(59)50-47-44-41-38-35-32-24-21-18-15-12-9-6-3)64-58(61)52-49-46-43-40-37-34-30-28-26-23-20-17-14-11-8-5-2/h7,10,13,16,19,22,25,27-37,41,44,55H,4-6,8-9,11-12,14-15,17-18,20-21,23-24,26,38-40,42-43,45-54H2,1-3H3/b10-7+,16-13+,22-19+,27-25+,30-28+,31-29+,35-32+,36-33+,37-34+,44-41+. The van der Waals surface area contributed by atoms with Crippen LogP contribution in [0, 0.1) is 0 Å². The van der Waals surface area contributed by atoms with E-state index in [-0.39, 0.29) is 50.4 Å². The fourth-order valence-corrected chi connectivity index (χ4v) is 6.52. The summed E-state index contributed by atoms with van der Waals surface area (Å²) < 4.78 is 16.7. The van der Waals surface area contributed by atoms with Crippen molar-refractivity contribution in [2.45, 2.75) is 213 Å². The maximum atomic E-state index is 12.8. The maximum Gasteiger partial charge on any atom is 0.306 e. The van der Waals surface area contributed by atoms with Crippen molar-refractivity contribution >= 4 is 17.9 Å². The van der Waals surface area contributed by atoms with Gasteiger partial charge in [-0.25, -0.2) is 0 Å². The molecule has 0 aliphatic rings. The molecule has 360 valence electrons.